The van der Waals surface area contributed by atoms with Gasteiger partial charge in [0, 0.05) is 12.1 Å². The van der Waals surface area contributed by atoms with Crippen molar-refractivity contribution in [1.29, 1.82) is 0 Å². The molecule has 2 fully saturated rings. The van der Waals surface area contributed by atoms with E-state index in [1.165, 1.54) is 50.5 Å². The number of rotatable bonds is 4. The Balaban J connectivity index is 1.49. The summed E-state index contributed by atoms with van der Waals surface area (Å²) >= 11 is 0. The lowest BCUT2D eigenvalue weighted by Crippen LogP contribution is -2.49. The molecule has 0 spiro atoms. The Labute approximate surface area is 122 Å². The van der Waals surface area contributed by atoms with Crippen LogP contribution < -0.4 is 5.32 Å². The molecule has 2 aliphatic carbocycles. The molecule has 0 aromatic heterocycles. The summed E-state index contributed by atoms with van der Waals surface area (Å²) in [6.07, 6.45) is 9.32. The second-order valence-corrected chi connectivity index (χ2v) is 6.64. The molecule has 0 radical (unpaired) electrons. The van der Waals surface area contributed by atoms with Gasteiger partial charge in [0.2, 0.25) is 0 Å². The van der Waals surface area contributed by atoms with E-state index in [0.29, 0.717) is 12.0 Å². The Hall–Kier alpha value is -0.890. The predicted octanol–water partition coefficient (Wildman–Crippen LogP) is 4.63. The maximum atomic E-state index is 12.9. The van der Waals surface area contributed by atoms with Crippen molar-refractivity contribution in [2.75, 3.05) is 0 Å². The van der Waals surface area contributed by atoms with Gasteiger partial charge in [-0.2, -0.15) is 0 Å². The van der Waals surface area contributed by atoms with E-state index in [1.54, 1.807) is 12.1 Å². The minimum atomic E-state index is -0.129. The number of benzene rings is 1. The molecule has 110 valence electrons. The molecule has 2 saturated carbocycles. The molecule has 2 unspecified atom stereocenters. The summed E-state index contributed by atoms with van der Waals surface area (Å²) in [5, 5.41) is 3.89. The van der Waals surface area contributed by atoms with Gasteiger partial charge in [0.15, 0.2) is 0 Å². The zero-order chi connectivity index (χ0) is 13.9. The van der Waals surface area contributed by atoms with E-state index in [-0.39, 0.29) is 5.82 Å². The molecule has 1 aromatic rings. The quantitative estimate of drug-likeness (QED) is 0.844. The van der Waals surface area contributed by atoms with Crippen LogP contribution >= 0.6 is 0 Å². The topological polar surface area (TPSA) is 12.0 Å². The first-order chi connectivity index (χ1) is 9.76. The summed E-state index contributed by atoms with van der Waals surface area (Å²) in [5.41, 5.74) is 1.31. The molecule has 2 heteroatoms. The van der Waals surface area contributed by atoms with Crippen LogP contribution in [0.3, 0.4) is 0 Å². The highest BCUT2D eigenvalue weighted by Gasteiger charge is 2.33. The van der Waals surface area contributed by atoms with Gasteiger partial charge in [-0.05, 0) is 55.2 Å². The smallest absolute Gasteiger partial charge is 0.123 e. The Morgan fingerprint density at radius 1 is 1.10 bits per heavy atom. The molecular formula is C18H26FN. The molecule has 20 heavy (non-hydrogen) atoms. The second kappa shape index (κ2) is 6.26. The van der Waals surface area contributed by atoms with Crippen LogP contribution in [0.2, 0.25) is 0 Å². The van der Waals surface area contributed by atoms with Gasteiger partial charge in [-0.3, -0.25) is 0 Å². The maximum Gasteiger partial charge on any atom is 0.123 e. The van der Waals surface area contributed by atoms with E-state index in [9.17, 15) is 4.39 Å². The fraction of sp³-hybridized carbons (Fsp3) is 0.667. The average Bonchev–Trinajstić information content (AvgIpc) is 2.44. The molecule has 0 saturated heterocycles. The van der Waals surface area contributed by atoms with E-state index < -0.39 is 0 Å². The lowest BCUT2D eigenvalue weighted by molar-refractivity contribution is 0.189. The van der Waals surface area contributed by atoms with Crippen LogP contribution in [0, 0.1) is 11.7 Å². The molecule has 1 aromatic carbocycles. The Kier molecular flexibility index (Phi) is 4.40. The summed E-state index contributed by atoms with van der Waals surface area (Å²) < 4.78 is 12.9. The fourth-order valence-electron chi connectivity index (χ4n) is 3.98. The molecular weight excluding hydrogens is 249 g/mol. The molecule has 1 nitrogen and oxygen atoms in total. The first kappa shape index (κ1) is 14.1. The summed E-state index contributed by atoms with van der Waals surface area (Å²) in [6.45, 7) is 2.33. The third-order valence-corrected chi connectivity index (χ3v) is 5.36. The second-order valence-electron chi connectivity index (χ2n) is 6.64. The van der Waals surface area contributed by atoms with Crippen molar-refractivity contribution >= 4 is 0 Å². The van der Waals surface area contributed by atoms with Crippen molar-refractivity contribution < 1.29 is 4.39 Å². The summed E-state index contributed by atoms with van der Waals surface area (Å²) in [7, 11) is 0. The van der Waals surface area contributed by atoms with E-state index in [1.807, 2.05) is 12.1 Å². The largest absolute Gasteiger partial charge is 0.311 e. The van der Waals surface area contributed by atoms with E-state index in [0.717, 1.165) is 12.0 Å². The van der Waals surface area contributed by atoms with Gasteiger partial charge in [-0.25, -0.2) is 4.39 Å². The molecule has 0 aliphatic heterocycles. The molecule has 0 heterocycles. The van der Waals surface area contributed by atoms with Crippen LogP contribution in [0.4, 0.5) is 4.39 Å². The van der Waals surface area contributed by atoms with Crippen LogP contribution in [0.15, 0.2) is 24.3 Å². The first-order valence-electron chi connectivity index (χ1n) is 8.27. The van der Waals surface area contributed by atoms with Crippen LogP contribution in [0.5, 0.6) is 0 Å². The van der Waals surface area contributed by atoms with Crippen molar-refractivity contribution in [2.45, 2.75) is 69.9 Å². The van der Waals surface area contributed by atoms with Crippen LogP contribution in [-0.2, 0) is 0 Å². The monoisotopic (exact) mass is 275 g/mol. The number of hydrogen-bond donors (Lipinski definition) is 1. The van der Waals surface area contributed by atoms with Crippen LogP contribution in [-0.4, -0.2) is 12.1 Å². The van der Waals surface area contributed by atoms with Gasteiger partial charge in [-0.15, -0.1) is 0 Å². The minimum Gasteiger partial charge on any atom is -0.311 e. The Morgan fingerprint density at radius 3 is 2.50 bits per heavy atom. The van der Waals surface area contributed by atoms with Gasteiger partial charge < -0.3 is 5.32 Å². The summed E-state index contributed by atoms with van der Waals surface area (Å²) in [6, 6.07) is 8.50. The van der Waals surface area contributed by atoms with Gasteiger partial charge in [0.25, 0.3) is 0 Å². The zero-order valence-corrected chi connectivity index (χ0v) is 12.4. The number of halogens is 1. The SMILES string of the molecule is CCC1CCCCC1NC1CC(c2ccc(F)cc2)C1. The molecule has 2 atom stereocenters. The standard InChI is InChI=1S/C18H26FN/c1-2-13-5-3-4-6-18(13)20-17-11-15(12-17)14-7-9-16(19)10-8-14/h7-10,13,15,17-18,20H,2-6,11-12H2,1H3. The van der Waals surface area contributed by atoms with Crippen molar-refractivity contribution in [2.24, 2.45) is 5.92 Å². The maximum absolute atomic E-state index is 12.9. The molecule has 1 N–H and O–H groups in total. The van der Waals surface area contributed by atoms with Gasteiger partial charge in [-0.1, -0.05) is 38.3 Å². The van der Waals surface area contributed by atoms with Gasteiger partial charge in [0.05, 0.1) is 0 Å². The van der Waals surface area contributed by atoms with Crippen molar-refractivity contribution in [3.63, 3.8) is 0 Å². The van der Waals surface area contributed by atoms with Gasteiger partial charge in [0.1, 0.15) is 5.82 Å². The van der Waals surface area contributed by atoms with Crippen molar-refractivity contribution in [1.82, 2.24) is 5.32 Å². The van der Waals surface area contributed by atoms with Crippen LogP contribution in [0.1, 0.15) is 63.4 Å². The first-order valence-corrected chi connectivity index (χ1v) is 8.27. The summed E-state index contributed by atoms with van der Waals surface area (Å²) in [4.78, 5) is 0. The van der Waals surface area contributed by atoms with Gasteiger partial charge >= 0.3 is 0 Å². The highest BCUT2D eigenvalue weighted by atomic mass is 19.1. The fourth-order valence-corrected chi connectivity index (χ4v) is 3.98. The zero-order valence-electron chi connectivity index (χ0n) is 12.4. The third kappa shape index (κ3) is 3.06. The highest BCUT2D eigenvalue weighted by molar-refractivity contribution is 5.23. The molecule has 0 amide bonds. The lowest BCUT2D eigenvalue weighted by Gasteiger charge is -2.42. The Bertz CT molecular complexity index is 422. The number of nitrogens with one attached hydrogen (secondary N) is 1. The molecule has 2 aliphatic rings. The average molecular weight is 275 g/mol. The molecule has 0 bridgehead atoms. The normalized spacial score (nSPS) is 33.7. The minimum absolute atomic E-state index is 0.129. The lowest BCUT2D eigenvalue weighted by atomic mass is 9.74. The van der Waals surface area contributed by atoms with E-state index >= 15 is 0 Å². The van der Waals surface area contributed by atoms with E-state index in [4.69, 9.17) is 0 Å². The molecule has 3 rings (SSSR count). The summed E-state index contributed by atoms with van der Waals surface area (Å²) in [5.74, 6) is 1.39. The predicted molar refractivity (Wildman–Crippen MR) is 81.3 cm³/mol. The van der Waals surface area contributed by atoms with Crippen molar-refractivity contribution in [3.05, 3.63) is 35.6 Å². The van der Waals surface area contributed by atoms with Crippen LogP contribution in [0.25, 0.3) is 0 Å². The highest BCUT2D eigenvalue weighted by Crippen LogP contribution is 2.38. The van der Waals surface area contributed by atoms with E-state index in [2.05, 4.69) is 12.2 Å². The third-order valence-electron chi connectivity index (χ3n) is 5.36. The Morgan fingerprint density at radius 2 is 1.80 bits per heavy atom. The number of hydrogen-bond acceptors (Lipinski definition) is 1. The van der Waals surface area contributed by atoms with Crippen molar-refractivity contribution in [3.8, 4) is 0 Å².